The zero-order valence-corrected chi connectivity index (χ0v) is 10.9. The third-order valence-electron chi connectivity index (χ3n) is 3.09. The highest BCUT2D eigenvalue weighted by atomic mass is 19.4. The first kappa shape index (κ1) is 15.2. The van der Waals surface area contributed by atoms with E-state index in [9.17, 15) is 22.4 Å². The predicted molar refractivity (Wildman–Crippen MR) is 70.6 cm³/mol. The Bertz CT molecular complexity index is 620. The second-order valence-electron chi connectivity index (χ2n) is 4.63. The van der Waals surface area contributed by atoms with Gasteiger partial charge < -0.3 is 0 Å². The standard InChI is InChI=1S/C16H12F4O/c17-14-9-5-4-8-12(14)15(21)13(10-16(18,19)20)11-6-2-1-3-7-11/h1-9,13H,10H2. The lowest BCUT2D eigenvalue weighted by molar-refractivity contribution is -0.136. The van der Waals surface area contributed by atoms with Gasteiger partial charge in [-0.3, -0.25) is 4.79 Å². The summed E-state index contributed by atoms with van der Waals surface area (Å²) in [6, 6.07) is 12.7. The summed E-state index contributed by atoms with van der Waals surface area (Å²) in [4.78, 5) is 12.3. The number of rotatable bonds is 4. The molecule has 0 aliphatic carbocycles. The number of benzene rings is 2. The highest BCUT2D eigenvalue weighted by Crippen LogP contribution is 2.34. The summed E-state index contributed by atoms with van der Waals surface area (Å²) in [7, 11) is 0. The normalized spacial score (nSPS) is 13.0. The molecule has 0 aromatic heterocycles. The molecule has 0 spiro atoms. The van der Waals surface area contributed by atoms with Crippen LogP contribution in [-0.2, 0) is 0 Å². The maximum absolute atomic E-state index is 13.6. The van der Waals surface area contributed by atoms with Crippen LogP contribution >= 0.6 is 0 Å². The Morgan fingerprint density at radius 1 is 0.952 bits per heavy atom. The summed E-state index contributed by atoms with van der Waals surface area (Å²) in [5, 5.41) is 0. The molecule has 0 radical (unpaired) electrons. The van der Waals surface area contributed by atoms with Crippen LogP contribution in [0.15, 0.2) is 54.6 Å². The maximum atomic E-state index is 13.6. The van der Waals surface area contributed by atoms with Crippen LogP contribution in [0, 0.1) is 5.82 Å². The highest BCUT2D eigenvalue weighted by molar-refractivity contribution is 6.01. The smallest absolute Gasteiger partial charge is 0.293 e. The number of hydrogen-bond acceptors (Lipinski definition) is 1. The van der Waals surface area contributed by atoms with Crippen LogP contribution in [0.5, 0.6) is 0 Å². The van der Waals surface area contributed by atoms with Crippen LogP contribution in [0.1, 0.15) is 28.3 Å². The van der Waals surface area contributed by atoms with Crippen molar-refractivity contribution in [1.82, 2.24) is 0 Å². The zero-order valence-electron chi connectivity index (χ0n) is 10.9. The van der Waals surface area contributed by atoms with Crippen LogP contribution in [0.4, 0.5) is 17.6 Å². The van der Waals surface area contributed by atoms with Crippen molar-refractivity contribution in [2.75, 3.05) is 0 Å². The molecule has 110 valence electrons. The monoisotopic (exact) mass is 296 g/mol. The molecule has 1 unspecified atom stereocenters. The van der Waals surface area contributed by atoms with Gasteiger partial charge in [0.25, 0.3) is 0 Å². The molecule has 21 heavy (non-hydrogen) atoms. The molecule has 0 bridgehead atoms. The van der Waals surface area contributed by atoms with Gasteiger partial charge in [0.05, 0.1) is 17.9 Å². The Morgan fingerprint density at radius 2 is 1.52 bits per heavy atom. The number of hydrogen-bond donors (Lipinski definition) is 0. The lowest BCUT2D eigenvalue weighted by atomic mass is 9.87. The molecule has 0 N–H and O–H groups in total. The van der Waals surface area contributed by atoms with Crippen LogP contribution in [0.25, 0.3) is 0 Å². The zero-order chi connectivity index (χ0) is 15.5. The molecule has 2 aromatic carbocycles. The average molecular weight is 296 g/mol. The Morgan fingerprint density at radius 3 is 2.10 bits per heavy atom. The van der Waals surface area contributed by atoms with Gasteiger partial charge in [0.2, 0.25) is 0 Å². The van der Waals surface area contributed by atoms with Crippen molar-refractivity contribution in [1.29, 1.82) is 0 Å². The first-order chi connectivity index (χ1) is 9.88. The van der Waals surface area contributed by atoms with Crippen LogP contribution in [0.3, 0.4) is 0 Å². The van der Waals surface area contributed by atoms with E-state index in [1.165, 1.54) is 30.3 Å². The Kier molecular flexibility index (Phi) is 4.40. The number of Topliss-reactive ketones (excluding diaryl/α,β-unsaturated/α-hetero) is 1. The molecule has 0 fully saturated rings. The van der Waals surface area contributed by atoms with E-state index in [4.69, 9.17) is 0 Å². The lowest BCUT2D eigenvalue weighted by Gasteiger charge is -2.18. The van der Waals surface area contributed by atoms with E-state index in [0.29, 0.717) is 0 Å². The molecule has 0 aliphatic heterocycles. The molecule has 5 heteroatoms. The van der Waals surface area contributed by atoms with E-state index in [1.54, 1.807) is 18.2 Å². The molecule has 0 aliphatic rings. The second-order valence-corrected chi connectivity index (χ2v) is 4.63. The summed E-state index contributed by atoms with van der Waals surface area (Å²) < 4.78 is 51.8. The number of carbonyl (C=O) groups is 1. The Balaban J connectivity index is 2.41. The van der Waals surface area contributed by atoms with Crippen molar-refractivity contribution in [2.45, 2.75) is 18.5 Å². The van der Waals surface area contributed by atoms with Crippen molar-refractivity contribution in [3.8, 4) is 0 Å². The van der Waals surface area contributed by atoms with Gasteiger partial charge >= 0.3 is 6.18 Å². The van der Waals surface area contributed by atoms with E-state index >= 15 is 0 Å². The van der Waals surface area contributed by atoms with Crippen molar-refractivity contribution < 1.29 is 22.4 Å². The van der Waals surface area contributed by atoms with Crippen molar-refractivity contribution in [3.63, 3.8) is 0 Å². The average Bonchev–Trinajstić information content (AvgIpc) is 2.45. The molecule has 2 rings (SSSR count). The highest BCUT2D eigenvalue weighted by Gasteiger charge is 2.37. The second kappa shape index (κ2) is 6.08. The predicted octanol–water partition coefficient (Wildman–Crippen LogP) is 4.74. The van der Waals surface area contributed by atoms with Crippen molar-refractivity contribution in [2.24, 2.45) is 0 Å². The molecule has 1 nitrogen and oxygen atoms in total. The fraction of sp³-hybridized carbons (Fsp3) is 0.188. The van der Waals surface area contributed by atoms with Crippen LogP contribution < -0.4 is 0 Å². The molecule has 0 saturated heterocycles. The lowest BCUT2D eigenvalue weighted by Crippen LogP contribution is -2.22. The summed E-state index contributed by atoms with van der Waals surface area (Å²) in [6.07, 6.45) is -5.83. The molecular formula is C16H12F4O. The third kappa shape index (κ3) is 3.90. The number of carbonyl (C=O) groups excluding carboxylic acids is 1. The fourth-order valence-electron chi connectivity index (χ4n) is 2.13. The summed E-state index contributed by atoms with van der Waals surface area (Å²) in [5.74, 6) is -3.12. The Hall–Kier alpha value is -2.17. The van der Waals surface area contributed by atoms with Gasteiger partial charge in [-0.25, -0.2) is 4.39 Å². The van der Waals surface area contributed by atoms with Gasteiger partial charge in [-0.2, -0.15) is 13.2 Å². The van der Waals surface area contributed by atoms with Crippen LogP contribution in [0.2, 0.25) is 0 Å². The number of ketones is 1. The first-order valence-corrected chi connectivity index (χ1v) is 6.29. The number of halogens is 4. The topological polar surface area (TPSA) is 17.1 Å². The van der Waals surface area contributed by atoms with Gasteiger partial charge in [-0.05, 0) is 17.7 Å². The summed E-state index contributed by atoms with van der Waals surface area (Å²) in [6.45, 7) is 0. The van der Waals surface area contributed by atoms with Gasteiger partial charge in [0, 0.05) is 0 Å². The van der Waals surface area contributed by atoms with Gasteiger partial charge in [-0.15, -0.1) is 0 Å². The molecule has 0 saturated carbocycles. The molecule has 1 atom stereocenters. The SMILES string of the molecule is O=C(c1ccccc1F)C(CC(F)(F)F)c1ccccc1. The largest absolute Gasteiger partial charge is 0.390 e. The molecule has 2 aromatic rings. The molecule has 0 heterocycles. The molecule has 0 amide bonds. The van der Waals surface area contributed by atoms with Crippen molar-refractivity contribution >= 4 is 5.78 Å². The van der Waals surface area contributed by atoms with E-state index < -0.39 is 30.1 Å². The summed E-state index contributed by atoms with van der Waals surface area (Å²) >= 11 is 0. The minimum absolute atomic E-state index is 0.225. The quantitative estimate of drug-likeness (QED) is 0.588. The van der Waals surface area contributed by atoms with Crippen molar-refractivity contribution in [3.05, 3.63) is 71.5 Å². The minimum Gasteiger partial charge on any atom is -0.293 e. The minimum atomic E-state index is -4.51. The van der Waals surface area contributed by atoms with Gasteiger partial charge in [0.1, 0.15) is 5.82 Å². The van der Waals surface area contributed by atoms with E-state index in [-0.39, 0.29) is 11.1 Å². The van der Waals surface area contributed by atoms with E-state index in [1.807, 2.05) is 0 Å². The van der Waals surface area contributed by atoms with Gasteiger partial charge in [0.15, 0.2) is 5.78 Å². The third-order valence-corrected chi connectivity index (χ3v) is 3.09. The Labute approximate surface area is 119 Å². The van der Waals surface area contributed by atoms with E-state index in [2.05, 4.69) is 0 Å². The first-order valence-electron chi connectivity index (χ1n) is 6.29. The summed E-state index contributed by atoms with van der Waals surface area (Å²) in [5.41, 5.74) is -0.0984. The van der Waals surface area contributed by atoms with E-state index in [0.717, 1.165) is 6.07 Å². The van der Waals surface area contributed by atoms with Crippen LogP contribution in [-0.4, -0.2) is 12.0 Å². The molecular weight excluding hydrogens is 284 g/mol. The number of alkyl halides is 3. The maximum Gasteiger partial charge on any atom is 0.390 e. The van der Waals surface area contributed by atoms with Gasteiger partial charge in [-0.1, -0.05) is 42.5 Å². The fourth-order valence-corrected chi connectivity index (χ4v) is 2.13.